The maximum Gasteiger partial charge on any atom is 0.261 e. The fourth-order valence-corrected chi connectivity index (χ4v) is 2.63. The minimum Gasteiger partial charge on any atom is -0.325 e. The van der Waals surface area contributed by atoms with Gasteiger partial charge in [0.25, 0.3) is 5.56 Å². The number of benzene rings is 2. The molecule has 128 valence electrons. The van der Waals surface area contributed by atoms with Gasteiger partial charge in [0.2, 0.25) is 5.91 Å². The van der Waals surface area contributed by atoms with Crippen molar-refractivity contribution in [2.75, 3.05) is 5.32 Å². The number of hydrogen-bond acceptors (Lipinski definition) is 3. The molecule has 25 heavy (non-hydrogen) atoms. The number of nitrogens with zero attached hydrogens (tertiary/aromatic N) is 2. The van der Waals surface area contributed by atoms with E-state index in [1.165, 1.54) is 16.5 Å². The number of hydrogen-bond donors (Lipinski definition) is 1. The third-order valence-corrected chi connectivity index (χ3v) is 4.08. The van der Waals surface area contributed by atoms with Gasteiger partial charge >= 0.3 is 0 Å². The lowest BCUT2D eigenvalue weighted by Gasteiger charge is -2.19. The van der Waals surface area contributed by atoms with Crippen LogP contribution in [0.15, 0.2) is 59.7 Å². The highest BCUT2D eigenvalue weighted by Crippen LogP contribution is 2.23. The van der Waals surface area contributed by atoms with Crippen molar-refractivity contribution < 1.29 is 4.79 Å². The molecule has 0 unspecified atom stereocenters. The first-order chi connectivity index (χ1) is 11.8. The Morgan fingerprint density at radius 2 is 1.76 bits per heavy atom. The van der Waals surface area contributed by atoms with Gasteiger partial charge in [-0.3, -0.25) is 14.2 Å². The standard InChI is InChI=1S/C20H21N3O2/c1-20(2,3)14-8-10-15(11-9-14)22-18(24)12-23-13-21-17-7-5-4-6-16(17)19(23)25/h4-11,13H,12H2,1-3H3,(H,22,24). The minimum absolute atomic E-state index is 0.0621. The van der Waals surface area contributed by atoms with Crippen LogP contribution in [0.2, 0.25) is 0 Å². The topological polar surface area (TPSA) is 64.0 Å². The SMILES string of the molecule is CC(C)(C)c1ccc(NC(=O)Cn2cnc3ccccc3c2=O)cc1. The Kier molecular flexibility index (Phi) is 4.40. The first-order valence-corrected chi connectivity index (χ1v) is 8.19. The fourth-order valence-electron chi connectivity index (χ4n) is 2.63. The molecule has 1 N–H and O–H groups in total. The van der Waals surface area contributed by atoms with Crippen LogP contribution in [-0.2, 0) is 16.8 Å². The van der Waals surface area contributed by atoms with Crippen molar-refractivity contribution in [3.63, 3.8) is 0 Å². The normalized spacial score (nSPS) is 11.5. The van der Waals surface area contributed by atoms with Crippen LogP contribution in [0.4, 0.5) is 5.69 Å². The second-order valence-electron chi connectivity index (χ2n) is 7.07. The Bertz CT molecular complexity index is 967. The van der Waals surface area contributed by atoms with Crippen LogP contribution in [0.25, 0.3) is 10.9 Å². The number of fused-ring (bicyclic) bond motifs is 1. The molecule has 0 bridgehead atoms. The zero-order valence-corrected chi connectivity index (χ0v) is 14.6. The highest BCUT2D eigenvalue weighted by atomic mass is 16.2. The van der Waals surface area contributed by atoms with Gasteiger partial charge in [-0.05, 0) is 35.2 Å². The van der Waals surface area contributed by atoms with E-state index in [2.05, 4.69) is 31.1 Å². The summed E-state index contributed by atoms with van der Waals surface area (Å²) >= 11 is 0. The molecular weight excluding hydrogens is 314 g/mol. The zero-order chi connectivity index (χ0) is 18.0. The van der Waals surface area contributed by atoms with Crippen LogP contribution in [0, 0.1) is 0 Å². The van der Waals surface area contributed by atoms with Crippen LogP contribution in [0.1, 0.15) is 26.3 Å². The summed E-state index contributed by atoms with van der Waals surface area (Å²) in [6, 6.07) is 14.8. The monoisotopic (exact) mass is 335 g/mol. The van der Waals surface area contributed by atoms with E-state index < -0.39 is 0 Å². The molecular formula is C20H21N3O2. The maximum atomic E-state index is 12.4. The molecule has 0 aliphatic heterocycles. The summed E-state index contributed by atoms with van der Waals surface area (Å²) in [6.07, 6.45) is 1.41. The molecule has 3 aromatic rings. The van der Waals surface area contributed by atoms with E-state index >= 15 is 0 Å². The van der Waals surface area contributed by atoms with Crippen molar-refractivity contribution in [1.82, 2.24) is 9.55 Å². The van der Waals surface area contributed by atoms with E-state index in [9.17, 15) is 9.59 Å². The van der Waals surface area contributed by atoms with Crippen LogP contribution in [0.3, 0.4) is 0 Å². The quantitative estimate of drug-likeness (QED) is 0.798. The van der Waals surface area contributed by atoms with E-state index in [0.29, 0.717) is 16.6 Å². The number of para-hydroxylation sites is 1. The maximum absolute atomic E-state index is 12.4. The van der Waals surface area contributed by atoms with E-state index in [-0.39, 0.29) is 23.4 Å². The Morgan fingerprint density at radius 1 is 1.08 bits per heavy atom. The summed E-state index contributed by atoms with van der Waals surface area (Å²) in [5.41, 5.74) is 2.37. The predicted molar refractivity (Wildman–Crippen MR) is 99.8 cm³/mol. The Labute approximate surface area is 146 Å². The van der Waals surface area contributed by atoms with E-state index in [4.69, 9.17) is 0 Å². The lowest BCUT2D eigenvalue weighted by molar-refractivity contribution is -0.116. The van der Waals surface area contributed by atoms with Crippen LogP contribution >= 0.6 is 0 Å². The highest BCUT2D eigenvalue weighted by Gasteiger charge is 2.13. The molecule has 0 radical (unpaired) electrons. The Morgan fingerprint density at radius 3 is 2.44 bits per heavy atom. The van der Waals surface area contributed by atoms with Crippen molar-refractivity contribution >= 4 is 22.5 Å². The van der Waals surface area contributed by atoms with Gasteiger partial charge < -0.3 is 5.32 Å². The van der Waals surface area contributed by atoms with Gasteiger partial charge in [-0.25, -0.2) is 4.98 Å². The van der Waals surface area contributed by atoms with Gasteiger partial charge in [-0.15, -0.1) is 0 Å². The second-order valence-corrected chi connectivity index (χ2v) is 7.07. The summed E-state index contributed by atoms with van der Waals surface area (Å²) in [5.74, 6) is -0.261. The van der Waals surface area contributed by atoms with E-state index in [1.807, 2.05) is 30.3 Å². The van der Waals surface area contributed by atoms with Crippen LogP contribution in [0.5, 0.6) is 0 Å². The number of nitrogens with one attached hydrogen (secondary N) is 1. The minimum atomic E-state index is -0.261. The lowest BCUT2D eigenvalue weighted by atomic mass is 9.87. The Hall–Kier alpha value is -2.95. The third kappa shape index (κ3) is 3.76. The van der Waals surface area contributed by atoms with E-state index in [1.54, 1.807) is 18.2 Å². The summed E-state index contributed by atoms with van der Waals surface area (Å²) in [6.45, 7) is 6.34. The average molecular weight is 335 g/mol. The van der Waals surface area contributed by atoms with Crippen molar-refractivity contribution in [2.45, 2.75) is 32.7 Å². The molecule has 1 aromatic heterocycles. The van der Waals surface area contributed by atoms with Crippen molar-refractivity contribution in [2.24, 2.45) is 0 Å². The molecule has 1 amide bonds. The number of carbonyl (C=O) groups is 1. The number of rotatable bonds is 3. The molecule has 0 spiro atoms. The molecule has 5 nitrogen and oxygen atoms in total. The summed E-state index contributed by atoms with van der Waals surface area (Å²) in [7, 11) is 0. The Balaban J connectivity index is 1.75. The molecule has 0 saturated carbocycles. The summed E-state index contributed by atoms with van der Waals surface area (Å²) in [4.78, 5) is 28.9. The van der Waals surface area contributed by atoms with Crippen LogP contribution < -0.4 is 10.9 Å². The molecule has 0 aliphatic rings. The first-order valence-electron chi connectivity index (χ1n) is 8.19. The summed E-state index contributed by atoms with van der Waals surface area (Å²) in [5, 5.41) is 3.32. The molecule has 1 heterocycles. The van der Waals surface area contributed by atoms with E-state index in [0.717, 1.165) is 0 Å². The number of carbonyl (C=O) groups excluding carboxylic acids is 1. The van der Waals surface area contributed by atoms with Gasteiger partial charge in [0, 0.05) is 5.69 Å². The van der Waals surface area contributed by atoms with Gasteiger partial charge in [0.05, 0.1) is 17.2 Å². The molecule has 2 aromatic carbocycles. The zero-order valence-electron chi connectivity index (χ0n) is 14.6. The van der Waals surface area contributed by atoms with Gasteiger partial charge in [-0.2, -0.15) is 0 Å². The number of aromatic nitrogens is 2. The molecule has 3 rings (SSSR count). The molecule has 0 atom stereocenters. The summed E-state index contributed by atoms with van der Waals surface area (Å²) < 4.78 is 1.32. The van der Waals surface area contributed by atoms with Gasteiger partial charge in [0.15, 0.2) is 0 Å². The molecule has 0 saturated heterocycles. The van der Waals surface area contributed by atoms with Crippen molar-refractivity contribution in [3.8, 4) is 0 Å². The van der Waals surface area contributed by atoms with Crippen molar-refractivity contribution in [1.29, 1.82) is 0 Å². The molecule has 0 aliphatic carbocycles. The fraction of sp³-hybridized carbons (Fsp3) is 0.250. The second kappa shape index (κ2) is 6.51. The smallest absolute Gasteiger partial charge is 0.261 e. The predicted octanol–water partition coefficient (Wildman–Crippen LogP) is 3.33. The van der Waals surface area contributed by atoms with Gasteiger partial charge in [-0.1, -0.05) is 45.0 Å². The molecule has 0 fully saturated rings. The number of anilines is 1. The van der Waals surface area contributed by atoms with Crippen molar-refractivity contribution in [3.05, 3.63) is 70.8 Å². The van der Waals surface area contributed by atoms with Crippen LogP contribution in [-0.4, -0.2) is 15.5 Å². The first kappa shape index (κ1) is 16.9. The molecule has 5 heteroatoms. The highest BCUT2D eigenvalue weighted by molar-refractivity contribution is 5.90. The average Bonchev–Trinajstić information content (AvgIpc) is 2.57. The lowest BCUT2D eigenvalue weighted by Crippen LogP contribution is -2.27. The third-order valence-electron chi connectivity index (χ3n) is 4.08. The number of amides is 1. The van der Waals surface area contributed by atoms with Gasteiger partial charge in [0.1, 0.15) is 6.54 Å². The largest absolute Gasteiger partial charge is 0.325 e.